The first-order valence-electron chi connectivity index (χ1n) is 7.64. The van der Waals surface area contributed by atoms with Crippen molar-refractivity contribution in [1.82, 2.24) is 4.98 Å². The molecule has 1 heterocycles. The summed E-state index contributed by atoms with van der Waals surface area (Å²) in [5.74, 6) is 0.0435. The Hall–Kier alpha value is -2.65. The van der Waals surface area contributed by atoms with Crippen molar-refractivity contribution in [3.63, 3.8) is 0 Å². The highest BCUT2D eigenvalue weighted by molar-refractivity contribution is 7.93. The first kappa shape index (κ1) is 18.2. The van der Waals surface area contributed by atoms with E-state index in [0.717, 1.165) is 15.8 Å². The molecular weight excluding hydrogens is 374 g/mol. The lowest BCUT2D eigenvalue weighted by molar-refractivity contribution is -0.114. The molecular formula is C17H17N3O4S2. The minimum Gasteiger partial charge on any atom is -0.495 e. The predicted octanol–water partition coefficient (Wildman–Crippen LogP) is 3.37. The lowest BCUT2D eigenvalue weighted by Gasteiger charge is -2.11. The van der Waals surface area contributed by atoms with Gasteiger partial charge in [0.2, 0.25) is 5.91 Å². The van der Waals surface area contributed by atoms with Crippen LogP contribution in [0.15, 0.2) is 41.3 Å². The summed E-state index contributed by atoms with van der Waals surface area (Å²) in [6.07, 6.45) is 0. The molecule has 3 aromatic rings. The van der Waals surface area contributed by atoms with Crippen LogP contribution < -0.4 is 14.8 Å². The van der Waals surface area contributed by atoms with Crippen molar-refractivity contribution in [2.45, 2.75) is 18.7 Å². The van der Waals surface area contributed by atoms with Gasteiger partial charge in [-0.3, -0.25) is 9.52 Å². The average molecular weight is 391 g/mol. The Bertz CT molecular complexity index is 1090. The van der Waals surface area contributed by atoms with E-state index in [9.17, 15) is 13.2 Å². The largest absolute Gasteiger partial charge is 0.495 e. The molecule has 1 aromatic heterocycles. The number of aromatic nitrogens is 1. The van der Waals surface area contributed by atoms with Crippen LogP contribution in [0, 0.1) is 6.92 Å². The molecule has 0 bridgehead atoms. The van der Waals surface area contributed by atoms with Crippen LogP contribution in [0.3, 0.4) is 0 Å². The van der Waals surface area contributed by atoms with Gasteiger partial charge in [-0.1, -0.05) is 17.4 Å². The number of nitrogens with one attached hydrogen (secondary N) is 2. The van der Waals surface area contributed by atoms with E-state index in [0.29, 0.717) is 5.75 Å². The van der Waals surface area contributed by atoms with Gasteiger partial charge in [0.1, 0.15) is 5.75 Å². The summed E-state index contributed by atoms with van der Waals surface area (Å²) < 4.78 is 33.9. The minimum atomic E-state index is -3.86. The van der Waals surface area contributed by atoms with Crippen LogP contribution in [0.4, 0.5) is 10.8 Å². The topological polar surface area (TPSA) is 97.4 Å². The Labute approximate surface area is 155 Å². The molecule has 0 unspecified atom stereocenters. The Morgan fingerprint density at radius 1 is 1.19 bits per heavy atom. The summed E-state index contributed by atoms with van der Waals surface area (Å²) in [6, 6.07) is 9.96. The molecule has 3 rings (SSSR count). The van der Waals surface area contributed by atoms with Gasteiger partial charge in [0.05, 0.1) is 27.9 Å². The Morgan fingerprint density at radius 3 is 2.65 bits per heavy atom. The van der Waals surface area contributed by atoms with Gasteiger partial charge < -0.3 is 10.1 Å². The number of amides is 1. The number of carbonyl (C=O) groups excluding carboxylic acids is 1. The van der Waals surface area contributed by atoms with Gasteiger partial charge in [0.15, 0.2) is 5.13 Å². The molecule has 0 aliphatic rings. The van der Waals surface area contributed by atoms with Crippen LogP contribution in [-0.4, -0.2) is 26.4 Å². The quantitative estimate of drug-likeness (QED) is 0.695. The first-order valence-corrected chi connectivity index (χ1v) is 9.94. The molecule has 0 saturated heterocycles. The third kappa shape index (κ3) is 3.78. The van der Waals surface area contributed by atoms with E-state index in [2.05, 4.69) is 15.0 Å². The lowest BCUT2D eigenvalue weighted by atomic mass is 10.2. The van der Waals surface area contributed by atoms with Crippen LogP contribution in [0.1, 0.15) is 12.5 Å². The minimum absolute atomic E-state index is 0.00233. The molecule has 9 heteroatoms. The highest BCUT2D eigenvalue weighted by atomic mass is 32.2. The van der Waals surface area contributed by atoms with Gasteiger partial charge in [-0.05, 0) is 42.8 Å². The van der Waals surface area contributed by atoms with Crippen molar-refractivity contribution in [2.24, 2.45) is 0 Å². The number of aryl methyl sites for hydroxylation is 1. The summed E-state index contributed by atoms with van der Waals surface area (Å²) >= 11 is 1.26. The van der Waals surface area contributed by atoms with E-state index in [1.54, 1.807) is 0 Å². The summed E-state index contributed by atoms with van der Waals surface area (Å²) in [6.45, 7) is 3.30. The Kier molecular flexibility index (Phi) is 4.84. The number of fused-ring (bicyclic) bond motifs is 1. The second-order valence-corrected chi connectivity index (χ2v) is 8.35. The second kappa shape index (κ2) is 6.93. The van der Waals surface area contributed by atoms with Crippen LogP contribution in [0.2, 0.25) is 0 Å². The number of carbonyl (C=O) groups is 1. The van der Waals surface area contributed by atoms with Crippen molar-refractivity contribution in [3.8, 4) is 5.75 Å². The maximum absolute atomic E-state index is 12.7. The standard InChI is InChI=1S/C17H17N3O4S2/c1-10-4-6-13-16(8-10)25-17(19-13)20-26(22,23)12-5-7-15(24-3)14(9-12)18-11(2)21/h4-9H,1-3H3,(H,18,21)(H,19,20). The van der Waals surface area contributed by atoms with Crippen LogP contribution in [0.25, 0.3) is 10.2 Å². The van der Waals surface area contributed by atoms with Crippen molar-refractivity contribution in [3.05, 3.63) is 42.0 Å². The number of rotatable bonds is 5. The lowest BCUT2D eigenvalue weighted by Crippen LogP contribution is -2.14. The Balaban J connectivity index is 1.94. The van der Waals surface area contributed by atoms with E-state index in [-0.39, 0.29) is 21.6 Å². The highest BCUT2D eigenvalue weighted by Gasteiger charge is 2.19. The molecule has 0 saturated carbocycles. The molecule has 2 N–H and O–H groups in total. The molecule has 26 heavy (non-hydrogen) atoms. The Morgan fingerprint density at radius 2 is 1.96 bits per heavy atom. The van der Waals surface area contributed by atoms with Crippen molar-refractivity contribution in [2.75, 3.05) is 17.1 Å². The van der Waals surface area contributed by atoms with Gasteiger partial charge in [-0.25, -0.2) is 13.4 Å². The molecule has 7 nitrogen and oxygen atoms in total. The molecule has 0 atom stereocenters. The number of sulfonamides is 1. The monoisotopic (exact) mass is 391 g/mol. The van der Waals surface area contributed by atoms with E-state index in [4.69, 9.17) is 4.74 Å². The van der Waals surface area contributed by atoms with Gasteiger partial charge in [0.25, 0.3) is 10.0 Å². The fraction of sp³-hybridized carbons (Fsp3) is 0.176. The zero-order chi connectivity index (χ0) is 18.9. The second-order valence-electron chi connectivity index (χ2n) is 5.64. The molecule has 136 valence electrons. The smallest absolute Gasteiger partial charge is 0.263 e. The molecule has 1 amide bonds. The third-order valence-corrected chi connectivity index (χ3v) is 5.96. The maximum Gasteiger partial charge on any atom is 0.263 e. The third-order valence-electron chi connectivity index (χ3n) is 3.56. The number of hydrogen-bond acceptors (Lipinski definition) is 6. The fourth-order valence-corrected chi connectivity index (χ4v) is 4.62. The summed E-state index contributed by atoms with van der Waals surface area (Å²) in [5, 5.41) is 2.84. The van der Waals surface area contributed by atoms with Crippen molar-refractivity contribution < 1.29 is 17.9 Å². The van der Waals surface area contributed by atoms with Gasteiger partial charge in [-0.15, -0.1) is 0 Å². The molecule has 0 fully saturated rings. The van der Waals surface area contributed by atoms with E-state index in [1.807, 2.05) is 25.1 Å². The number of hydrogen-bond donors (Lipinski definition) is 2. The zero-order valence-corrected chi connectivity index (χ0v) is 16.0. The van der Waals surface area contributed by atoms with Gasteiger partial charge in [0, 0.05) is 6.92 Å². The summed E-state index contributed by atoms with van der Waals surface area (Å²) in [7, 11) is -2.42. The number of benzene rings is 2. The number of nitrogens with zero attached hydrogens (tertiary/aromatic N) is 1. The molecule has 0 spiro atoms. The van der Waals surface area contributed by atoms with Crippen LogP contribution in [0.5, 0.6) is 5.75 Å². The van der Waals surface area contributed by atoms with Gasteiger partial charge in [-0.2, -0.15) is 0 Å². The highest BCUT2D eigenvalue weighted by Crippen LogP contribution is 2.31. The molecule has 0 radical (unpaired) electrons. The number of anilines is 2. The van der Waals surface area contributed by atoms with E-state index >= 15 is 0 Å². The van der Waals surface area contributed by atoms with Crippen molar-refractivity contribution >= 4 is 48.3 Å². The number of ether oxygens (including phenoxy) is 1. The zero-order valence-electron chi connectivity index (χ0n) is 14.4. The average Bonchev–Trinajstić information content (AvgIpc) is 2.94. The number of thiazole rings is 1. The number of methoxy groups -OCH3 is 1. The first-order chi connectivity index (χ1) is 12.3. The molecule has 0 aliphatic heterocycles. The van der Waals surface area contributed by atoms with E-state index in [1.165, 1.54) is 43.6 Å². The van der Waals surface area contributed by atoms with Gasteiger partial charge >= 0.3 is 0 Å². The molecule has 0 aliphatic carbocycles. The normalized spacial score (nSPS) is 11.3. The van der Waals surface area contributed by atoms with Crippen molar-refractivity contribution in [1.29, 1.82) is 0 Å². The van der Waals surface area contributed by atoms with Crippen LogP contribution in [-0.2, 0) is 14.8 Å². The SMILES string of the molecule is COc1ccc(S(=O)(=O)Nc2nc3ccc(C)cc3s2)cc1NC(C)=O. The van der Waals surface area contributed by atoms with Crippen LogP contribution >= 0.6 is 11.3 Å². The summed E-state index contributed by atoms with van der Waals surface area (Å²) in [5.41, 5.74) is 2.08. The molecule has 2 aromatic carbocycles. The fourth-order valence-electron chi connectivity index (χ4n) is 2.39. The summed E-state index contributed by atoms with van der Waals surface area (Å²) in [4.78, 5) is 15.6. The van der Waals surface area contributed by atoms with E-state index < -0.39 is 10.0 Å². The predicted molar refractivity (Wildman–Crippen MR) is 102 cm³/mol. The maximum atomic E-state index is 12.7.